The largest absolute Gasteiger partial charge is 0.364 e. The van der Waals surface area contributed by atoms with Crippen LogP contribution in [0.4, 0.5) is 17.5 Å². The van der Waals surface area contributed by atoms with Crippen molar-refractivity contribution >= 4 is 34.3 Å². The van der Waals surface area contributed by atoms with Gasteiger partial charge in [-0.25, -0.2) is 0 Å². The Balaban J connectivity index is 1.63. The molecule has 0 aliphatic heterocycles. The molecule has 28 heavy (non-hydrogen) atoms. The van der Waals surface area contributed by atoms with Gasteiger partial charge in [0.05, 0.1) is 0 Å². The second kappa shape index (κ2) is 7.43. The number of primary amides is 1. The minimum Gasteiger partial charge on any atom is -0.364 e. The van der Waals surface area contributed by atoms with E-state index in [1.807, 2.05) is 42.1 Å². The summed E-state index contributed by atoms with van der Waals surface area (Å²) in [5.41, 5.74) is 13.5. The van der Waals surface area contributed by atoms with Crippen LogP contribution in [0.25, 0.3) is 10.9 Å². The van der Waals surface area contributed by atoms with E-state index in [9.17, 15) is 4.79 Å². The van der Waals surface area contributed by atoms with Crippen LogP contribution < -0.4 is 22.1 Å². The highest BCUT2D eigenvalue weighted by atomic mass is 16.1. The molecule has 1 fully saturated rings. The third kappa shape index (κ3) is 3.61. The van der Waals surface area contributed by atoms with Crippen LogP contribution in [-0.2, 0) is 7.05 Å². The summed E-state index contributed by atoms with van der Waals surface area (Å²) in [6.45, 7) is 0. The molecule has 0 bridgehead atoms. The van der Waals surface area contributed by atoms with E-state index in [1.54, 1.807) is 0 Å². The van der Waals surface area contributed by atoms with Crippen LogP contribution in [0.3, 0.4) is 0 Å². The molecule has 4 rings (SSSR count). The van der Waals surface area contributed by atoms with Crippen LogP contribution >= 0.6 is 0 Å². The summed E-state index contributed by atoms with van der Waals surface area (Å²) < 4.78 is 2.02. The Labute approximate surface area is 162 Å². The molecule has 0 radical (unpaired) electrons. The number of nitrogens with two attached hydrogens (primary N) is 2. The van der Waals surface area contributed by atoms with Gasteiger partial charge in [-0.15, -0.1) is 10.2 Å². The minimum atomic E-state index is -0.691. The standard InChI is InChI=1S/C19H24N8O/c1-27-9-8-11-6-7-12(10-15(11)27)22-18-16(17(21)28)25-26-19(24-18)23-14-5-3-2-4-13(14)20/h6-10,13-14H,2-5,20H2,1H3,(H2,21,28)(H2,22,23,24,26)/t13-,14+/m0/s1. The lowest BCUT2D eigenvalue weighted by molar-refractivity contribution is 0.0995. The molecule has 6 N–H and O–H groups in total. The van der Waals surface area contributed by atoms with E-state index in [1.165, 1.54) is 0 Å². The second-order valence-corrected chi connectivity index (χ2v) is 7.22. The maximum atomic E-state index is 11.8. The summed E-state index contributed by atoms with van der Waals surface area (Å²) in [5, 5.41) is 15.5. The highest BCUT2D eigenvalue weighted by molar-refractivity contribution is 5.96. The van der Waals surface area contributed by atoms with Gasteiger partial charge >= 0.3 is 0 Å². The molecule has 1 aromatic carbocycles. The Morgan fingerprint density at radius 1 is 1.21 bits per heavy atom. The number of aryl methyl sites for hydroxylation is 1. The van der Waals surface area contributed by atoms with Crippen LogP contribution in [0.5, 0.6) is 0 Å². The van der Waals surface area contributed by atoms with Crippen LogP contribution in [0.2, 0.25) is 0 Å². The molecule has 2 heterocycles. The van der Waals surface area contributed by atoms with E-state index in [0.717, 1.165) is 42.3 Å². The number of aromatic nitrogens is 4. The summed E-state index contributed by atoms with van der Waals surface area (Å²) in [6.07, 6.45) is 6.15. The van der Waals surface area contributed by atoms with E-state index in [2.05, 4.69) is 25.8 Å². The van der Waals surface area contributed by atoms with Crippen molar-refractivity contribution in [3.05, 3.63) is 36.2 Å². The number of carbonyl (C=O) groups is 1. The number of hydrogen-bond donors (Lipinski definition) is 4. The van der Waals surface area contributed by atoms with Gasteiger partial charge in [0, 0.05) is 36.5 Å². The van der Waals surface area contributed by atoms with Crippen molar-refractivity contribution in [2.45, 2.75) is 37.8 Å². The fraction of sp³-hybridized carbons (Fsp3) is 0.368. The maximum Gasteiger partial charge on any atom is 0.273 e. The molecule has 146 valence electrons. The molecule has 1 aliphatic rings. The van der Waals surface area contributed by atoms with Crippen molar-refractivity contribution in [3.63, 3.8) is 0 Å². The van der Waals surface area contributed by atoms with Crippen molar-refractivity contribution in [2.24, 2.45) is 18.5 Å². The topological polar surface area (TPSA) is 137 Å². The molecule has 2 aromatic heterocycles. The number of rotatable bonds is 5. The van der Waals surface area contributed by atoms with E-state index in [-0.39, 0.29) is 23.6 Å². The lowest BCUT2D eigenvalue weighted by Crippen LogP contribution is -2.43. The van der Waals surface area contributed by atoms with E-state index < -0.39 is 5.91 Å². The number of nitrogens with zero attached hydrogens (tertiary/aromatic N) is 4. The Hall–Kier alpha value is -3.20. The van der Waals surface area contributed by atoms with Crippen LogP contribution in [0.15, 0.2) is 30.5 Å². The highest BCUT2D eigenvalue weighted by Crippen LogP contribution is 2.24. The molecule has 0 unspecified atom stereocenters. The van der Waals surface area contributed by atoms with Gasteiger partial charge < -0.3 is 26.7 Å². The molecule has 0 spiro atoms. The minimum absolute atomic E-state index is 0.00882. The lowest BCUT2D eigenvalue weighted by atomic mass is 9.91. The average Bonchev–Trinajstić information content (AvgIpc) is 3.04. The van der Waals surface area contributed by atoms with Crippen LogP contribution in [-0.4, -0.2) is 37.7 Å². The van der Waals surface area contributed by atoms with Crippen molar-refractivity contribution < 1.29 is 4.79 Å². The van der Waals surface area contributed by atoms with E-state index >= 15 is 0 Å². The average molecular weight is 380 g/mol. The number of fused-ring (bicyclic) bond motifs is 1. The first-order valence-corrected chi connectivity index (χ1v) is 9.40. The monoisotopic (exact) mass is 380 g/mol. The molecule has 2 atom stereocenters. The Morgan fingerprint density at radius 2 is 2.04 bits per heavy atom. The molecule has 1 aliphatic carbocycles. The molecular formula is C19H24N8O. The second-order valence-electron chi connectivity index (χ2n) is 7.22. The SMILES string of the molecule is Cn1ccc2ccc(Nc3nc(N[C@@H]4CCCC[C@@H]4N)nnc3C(N)=O)cc21. The fourth-order valence-electron chi connectivity index (χ4n) is 3.62. The number of nitrogens with one attached hydrogen (secondary N) is 2. The Kier molecular flexibility index (Phi) is 4.82. The number of benzene rings is 1. The maximum absolute atomic E-state index is 11.8. The van der Waals surface area contributed by atoms with Gasteiger partial charge in [-0.2, -0.15) is 4.98 Å². The van der Waals surface area contributed by atoms with Gasteiger partial charge in [0.25, 0.3) is 5.91 Å². The summed E-state index contributed by atoms with van der Waals surface area (Å²) in [5.74, 6) is -0.0962. The van der Waals surface area contributed by atoms with Gasteiger partial charge in [0.1, 0.15) is 0 Å². The number of anilines is 3. The number of carbonyl (C=O) groups excluding carboxylic acids is 1. The Morgan fingerprint density at radius 3 is 2.82 bits per heavy atom. The van der Waals surface area contributed by atoms with E-state index in [0.29, 0.717) is 5.95 Å². The third-order valence-electron chi connectivity index (χ3n) is 5.20. The molecule has 3 aromatic rings. The predicted molar refractivity (Wildman–Crippen MR) is 108 cm³/mol. The molecule has 9 heteroatoms. The van der Waals surface area contributed by atoms with Gasteiger partial charge in [0.15, 0.2) is 11.5 Å². The third-order valence-corrected chi connectivity index (χ3v) is 5.20. The zero-order chi connectivity index (χ0) is 19.7. The molecule has 1 amide bonds. The molecule has 1 saturated carbocycles. The van der Waals surface area contributed by atoms with Gasteiger partial charge in [-0.1, -0.05) is 18.9 Å². The molecular weight excluding hydrogens is 356 g/mol. The van der Waals surface area contributed by atoms with Crippen molar-refractivity contribution in [2.75, 3.05) is 10.6 Å². The van der Waals surface area contributed by atoms with Crippen molar-refractivity contribution in [1.29, 1.82) is 0 Å². The number of hydrogen-bond acceptors (Lipinski definition) is 7. The lowest BCUT2D eigenvalue weighted by Gasteiger charge is -2.29. The van der Waals surface area contributed by atoms with Gasteiger partial charge in [-0.3, -0.25) is 4.79 Å². The zero-order valence-corrected chi connectivity index (χ0v) is 15.7. The van der Waals surface area contributed by atoms with Crippen molar-refractivity contribution in [3.8, 4) is 0 Å². The smallest absolute Gasteiger partial charge is 0.273 e. The molecule has 9 nitrogen and oxygen atoms in total. The normalized spacial score (nSPS) is 19.5. The predicted octanol–water partition coefficient (Wildman–Crippen LogP) is 1.89. The zero-order valence-electron chi connectivity index (χ0n) is 15.7. The summed E-state index contributed by atoms with van der Waals surface area (Å²) in [4.78, 5) is 16.2. The summed E-state index contributed by atoms with van der Waals surface area (Å²) in [7, 11) is 1.97. The molecule has 0 saturated heterocycles. The fourth-order valence-corrected chi connectivity index (χ4v) is 3.62. The quantitative estimate of drug-likeness (QED) is 0.530. The van der Waals surface area contributed by atoms with E-state index in [4.69, 9.17) is 11.5 Å². The first-order valence-electron chi connectivity index (χ1n) is 9.40. The van der Waals surface area contributed by atoms with Gasteiger partial charge in [0.2, 0.25) is 5.95 Å². The summed E-state index contributed by atoms with van der Waals surface area (Å²) >= 11 is 0. The van der Waals surface area contributed by atoms with Crippen LogP contribution in [0.1, 0.15) is 36.2 Å². The van der Waals surface area contributed by atoms with Gasteiger partial charge in [-0.05, 0) is 36.4 Å². The first kappa shape index (κ1) is 18.2. The Bertz CT molecular complexity index is 1010. The highest BCUT2D eigenvalue weighted by Gasteiger charge is 2.23. The summed E-state index contributed by atoms with van der Waals surface area (Å²) in [6, 6.07) is 8.06. The number of amides is 1. The first-order chi connectivity index (χ1) is 13.5. The van der Waals surface area contributed by atoms with Crippen LogP contribution in [0, 0.1) is 0 Å². The van der Waals surface area contributed by atoms with Crippen molar-refractivity contribution in [1.82, 2.24) is 19.7 Å².